The van der Waals surface area contributed by atoms with Crippen molar-refractivity contribution in [3.05, 3.63) is 0 Å². The van der Waals surface area contributed by atoms with Gasteiger partial charge in [0.15, 0.2) is 12.2 Å². The van der Waals surface area contributed by atoms with Crippen LogP contribution < -0.4 is 0 Å². The molecule has 0 spiro atoms. The van der Waals surface area contributed by atoms with Crippen molar-refractivity contribution >= 4 is 39.5 Å². The average Bonchev–Trinajstić information content (AvgIpc) is 3.38. The number of hydrogen-bond donors (Lipinski definition) is 3. The van der Waals surface area contributed by atoms with E-state index in [1.807, 2.05) is 0 Å². The van der Waals surface area contributed by atoms with Crippen LogP contribution in [0.1, 0.15) is 278 Å². The monoisotopic (exact) mass is 1110 g/mol. The van der Waals surface area contributed by atoms with Gasteiger partial charge in [0, 0.05) is 25.7 Å². The number of phosphoric acid groups is 2. The molecular weight excluding hydrogens is 1010 g/mol. The Balaban J connectivity index is 5.20. The molecule has 2 unspecified atom stereocenters. The molecule has 0 bridgehead atoms. The van der Waals surface area contributed by atoms with Crippen LogP contribution in [0.5, 0.6) is 0 Å². The van der Waals surface area contributed by atoms with Gasteiger partial charge in [-0.2, -0.15) is 0 Å². The summed E-state index contributed by atoms with van der Waals surface area (Å²) in [6.45, 7) is 4.76. The summed E-state index contributed by atoms with van der Waals surface area (Å²) < 4.78 is 67.5. The molecule has 3 N–H and O–H groups in total. The minimum Gasteiger partial charge on any atom is -0.462 e. The Kier molecular flexibility index (Phi) is 50.2. The second-order valence-corrected chi connectivity index (χ2v) is 23.2. The van der Waals surface area contributed by atoms with Crippen LogP contribution in [0.2, 0.25) is 0 Å². The van der Waals surface area contributed by atoms with Crippen LogP contribution >= 0.6 is 15.6 Å². The van der Waals surface area contributed by atoms with Crippen LogP contribution in [-0.2, 0) is 65.4 Å². The van der Waals surface area contributed by atoms with Gasteiger partial charge < -0.3 is 33.8 Å². The highest BCUT2D eigenvalue weighted by atomic mass is 31.2. The van der Waals surface area contributed by atoms with Crippen molar-refractivity contribution in [3.63, 3.8) is 0 Å². The van der Waals surface area contributed by atoms with Crippen LogP contribution in [0.15, 0.2) is 0 Å². The zero-order valence-corrected chi connectivity index (χ0v) is 49.3. The zero-order valence-electron chi connectivity index (χ0n) is 47.5. The minimum absolute atomic E-state index is 0.106. The minimum atomic E-state index is -4.93. The Morgan fingerprint density at radius 3 is 0.787 bits per heavy atom. The van der Waals surface area contributed by atoms with E-state index in [0.717, 1.165) is 96.3 Å². The highest BCUT2D eigenvalue weighted by Gasteiger charge is 2.30. The Labute approximate surface area is 454 Å². The SMILES string of the molecule is CCCCCCCCCCCC(=O)OC[C@H](COP(=O)(O)OC[C@@H](O)COP(=O)(O)OC[C@@H](COC(=O)CCCCCCCCCC)OC(=O)CCCCCCCCCCC)OC(=O)CCCCCCCCCCC. The number of esters is 4. The number of unbranched alkanes of at least 4 members (excludes halogenated alkanes) is 31. The molecule has 0 aliphatic carbocycles. The number of hydrogen-bond acceptors (Lipinski definition) is 15. The number of ether oxygens (including phenoxy) is 4. The van der Waals surface area contributed by atoms with Crippen LogP contribution in [0.3, 0.4) is 0 Å². The molecule has 5 atom stereocenters. The molecular formula is C56H108O17P2. The van der Waals surface area contributed by atoms with Gasteiger partial charge >= 0.3 is 39.5 Å². The third-order valence-electron chi connectivity index (χ3n) is 12.9. The third kappa shape index (κ3) is 51.3. The fourth-order valence-corrected chi connectivity index (χ4v) is 9.80. The van der Waals surface area contributed by atoms with Crippen molar-refractivity contribution in [1.29, 1.82) is 0 Å². The number of phosphoric ester groups is 2. The largest absolute Gasteiger partial charge is 0.472 e. The Morgan fingerprint density at radius 1 is 0.320 bits per heavy atom. The summed E-state index contributed by atoms with van der Waals surface area (Å²) in [5, 5.41) is 10.5. The van der Waals surface area contributed by atoms with Gasteiger partial charge in [0.1, 0.15) is 19.3 Å². The van der Waals surface area contributed by atoms with E-state index < -0.39 is 97.5 Å². The molecule has 0 aliphatic rings. The highest BCUT2D eigenvalue weighted by molar-refractivity contribution is 7.47. The van der Waals surface area contributed by atoms with Crippen molar-refractivity contribution in [2.24, 2.45) is 0 Å². The first-order valence-electron chi connectivity index (χ1n) is 29.8. The van der Waals surface area contributed by atoms with E-state index >= 15 is 0 Å². The van der Waals surface area contributed by atoms with E-state index in [2.05, 4.69) is 27.7 Å². The van der Waals surface area contributed by atoms with Crippen molar-refractivity contribution in [2.45, 2.75) is 296 Å². The fraction of sp³-hybridized carbons (Fsp3) is 0.929. The summed E-state index contributed by atoms with van der Waals surface area (Å²) in [6, 6.07) is 0. The van der Waals surface area contributed by atoms with Gasteiger partial charge in [-0.15, -0.1) is 0 Å². The molecule has 0 aromatic carbocycles. The molecule has 444 valence electrons. The first kappa shape index (κ1) is 73.1. The summed E-state index contributed by atoms with van der Waals surface area (Å²) in [6.07, 6.45) is 33.5. The number of rotatable bonds is 57. The molecule has 19 heteroatoms. The lowest BCUT2D eigenvalue weighted by Crippen LogP contribution is -2.30. The van der Waals surface area contributed by atoms with Crippen LogP contribution in [0.25, 0.3) is 0 Å². The lowest BCUT2D eigenvalue weighted by Gasteiger charge is -2.21. The zero-order chi connectivity index (χ0) is 55.5. The Bertz CT molecular complexity index is 1470. The molecule has 0 heterocycles. The lowest BCUT2D eigenvalue weighted by molar-refractivity contribution is -0.161. The number of carbonyl (C=O) groups excluding carboxylic acids is 4. The second-order valence-electron chi connectivity index (χ2n) is 20.3. The molecule has 0 fully saturated rings. The highest BCUT2D eigenvalue weighted by Crippen LogP contribution is 2.45. The van der Waals surface area contributed by atoms with E-state index in [9.17, 15) is 43.2 Å². The molecule has 0 amide bonds. The second kappa shape index (κ2) is 51.5. The number of aliphatic hydroxyl groups is 1. The van der Waals surface area contributed by atoms with Crippen LogP contribution in [-0.4, -0.2) is 96.7 Å². The molecule has 0 radical (unpaired) electrons. The summed E-state index contributed by atoms with van der Waals surface area (Å²) in [5.74, 6) is -2.15. The summed E-state index contributed by atoms with van der Waals surface area (Å²) in [4.78, 5) is 71.6. The first-order valence-corrected chi connectivity index (χ1v) is 32.8. The first-order chi connectivity index (χ1) is 36.2. The smallest absolute Gasteiger partial charge is 0.462 e. The van der Waals surface area contributed by atoms with Crippen molar-refractivity contribution in [2.75, 3.05) is 39.6 Å². The van der Waals surface area contributed by atoms with Gasteiger partial charge in [0.2, 0.25) is 0 Å². The van der Waals surface area contributed by atoms with Gasteiger partial charge in [0.05, 0.1) is 26.4 Å². The molecule has 75 heavy (non-hydrogen) atoms. The van der Waals surface area contributed by atoms with Crippen molar-refractivity contribution in [1.82, 2.24) is 0 Å². The average molecular weight is 1120 g/mol. The molecule has 0 rings (SSSR count). The predicted molar refractivity (Wildman–Crippen MR) is 294 cm³/mol. The summed E-state index contributed by atoms with van der Waals surface area (Å²) >= 11 is 0. The normalized spacial score (nSPS) is 14.4. The maximum absolute atomic E-state index is 12.9. The van der Waals surface area contributed by atoms with Crippen molar-refractivity contribution < 1.29 is 80.2 Å². The molecule has 0 aromatic rings. The Hall–Kier alpha value is -1.94. The maximum Gasteiger partial charge on any atom is 0.472 e. The third-order valence-corrected chi connectivity index (χ3v) is 14.8. The quantitative estimate of drug-likeness (QED) is 0.0222. The number of aliphatic hydroxyl groups excluding tert-OH is 1. The standard InChI is InChI=1S/C56H108O17P2/c1-5-9-13-17-21-25-29-33-37-41-54(59)67-47-52(73-56(61)43-39-35-31-27-23-19-15-11-7-3)49-71-75(64,65)69-45-50(57)44-68-74(62,63)70-48-51(46-66-53(58)40-36-32-28-24-20-16-12-8-4)72-55(60)42-38-34-30-26-22-18-14-10-6-2/h50-52,57H,5-49H2,1-4H3,(H,62,63)(H,64,65)/t50-,51+,52+/m0/s1. The van der Waals surface area contributed by atoms with Gasteiger partial charge in [-0.25, -0.2) is 9.13 Å². The molecule has 0 aromatic heterocycles. The molecule has 0 saturated heterocycles. The Morgan fingerprint density at radius 2 is 0.533 bits per heavy atom. The van der Waals surface area contributed by atoms with E-state index in [-0.39, 0.29) is 25.7 Å². The predicted octanol–water partition coefficient (Wildman–Crippen LogP) is 14.8. The van der Waals surface area contributed by atoms with Crippen molar-refractivity contribution in [3.8, 4) is 0 Å². The van der Waals surface area contributed by atoms with Gasteiger partial charge in [-0.05, 0) is 25.7 Å². The number of carbonyl (C=O) groups is 4. The summed E-state index contributed by atoms with van der Waals surface area (Å²) in [5.41, 5.74) is 0. The topological polar surface area (TPSA) is 237 Å². The molecule has 0 aliphatic heterocycles. The van der Waals surface area contributed by atoms with E-state index in [1.165, 1.54) is 103 Å². The van der Waals surface area contributed by atoms with Gasteiger partial charge in [-0.3, -0.25) is 37.3 Å². The van der Waals surface area contributed by atoms with Gasteiger partial charge in [0.25, 0.3) is 0 Å². The van der Waals surface area contributed by atoms with E-state index in [0.29, 0.717) is 25.7 Å². The van der Waals surface area contributed by atoms with Crippen LogP contribution in [0.4, 0.5) is 0 Å². The fourth-order valence-electron chi connectivity index (χ4n) is 8.22. The van der Waals surface area contributed by atoms with E-state index in [4.69, 9.17) is 37.0 Å². The van der Waals surface area contributed by atoms with Gasteiger partial charge in [-0.1, -0.05) is 227 Å². The van der Waals surface area contributed by atoms with Crippen LogP contribution in [0, 0.1) is 0 Å². The maximum atomic E-state index is 12.9. The summed E-state index contributed by atoms with van der Waals surface area (Å²) in [7, 11) is -9.86. The molecule has 0 saturated carbocycles. The molecule has 17 nitrogen and oxygen atoms in total. The lowest BCUT2D eigenvalue weighted by atomic mass is 10.1. The van der Waals surface area contributed by atoms with E-state index in [1.54, 1.807) is 0 Å².